The van der Waals surface area contributed by atoms with Gasteiger partial charge in [-0.3, -0.25) is 0 Å². The zero-order valence-corrected chi connectivity index (χ0v) is 12.8. The number of likely N-dealkylation sites (N-methyl/N-ethyl adjacent to an activating group) is 1. The molecule has 1 unspecified atom stereocenters. The first-order valence-electron chi connectivity index (χ1n) is 6.48. The largest absolute Gasteiger partial charge is 0.312 e. The summed E-state index contributed by atoms with van der Waals surface area (Å²) in [6.07, 6.45) is 0. The number of hydrogen-bond donors (Lipinski definition) is 1. The van der Waals surface area contributed by atoms with E-state index in [1.165, 1.54) is 5.75 Å². The molecule has 0 radical (unpaired) electrons. The highest BCUT2D eigenvalue weighted by Crippen LogP contribution is 2.23. The Labute approximate surface area is 107 Å². The van der Waals surface area contributed by atoms with Gasteiger partial charge in [0.05, 0.1) is 0 Å². The van der Waals surface area contributed by atoms with Gasteiger partial charge in [-0.2, -0.15) is 11.8 Å². The number of hydrogen-bond acceptors (Lipinski definition) is 3. The molecule has 0 saturated carbocycles. The van der Waals surface area contributed by atoms with Gasteiger partial charge in [-0.05, 0) is 20.0 Å². The molecular weight excluding hydrogens is 216 g/mol. The monoisotopic (exact) mass is 246 g/mol. The molecule has 0 aliphatic carbocycles. The molecule has 3 heteroatoms. The lowest BCUT2D eigenvalue weighted by Crippen LogP contribution is -2.37. The van der Waals surface area contributed by atoms with Crippen molar-refractivity contribution in [2.45, 2.75) is 52.3 Å². The van der Waals surface area contributed by atoms with Crippen LogP contribution in [-0.4, -0.2) is 47.6 Å². The fourth-order valence-corrected chi connectivity index (χ4v) is 2.31. The van der Waals surface area contributed by atoms with Crippen molar-refractivity contribution < 1.29 is 0 Å². The van der Waals surface area contributed by atoms with E-state index < -0.39 is 0 Å². The van der Waals surface area contributed by atoms with E-state index in [-0.39, 0.29) is 0 Å². The fourth-order valence-electron chi connectivity index (χ4n) is 1.44. The van der Waals surface area contributed by atoms with Crippen LogP contribution in [-0.2, 0) is 0 Å². The number of rotatable bonds is 8. The minimum atomic E-state index is 0.384. The molecule has 0 aromatic carbocycles. The predicted molar refractivity (Wildman–Crippen MR) is 77.5 cm³/mol. The van der Waals surface area contributed by atoms with Crippen LogP contribution in [0.25, 0.3) is 0 Å². The summed E-state index contributed by atoms with van der Waals surface area (Å²) in [7, 11) is 0. The zero-order chi connectivity index (χ0) is 12.6. The third-order valence-corrected chi connectivity index (χ3v) is 4.11. The molecule has 1 atom stereocenters. The van der Waals surface area contributed by atoms with Crippen molar-refractivity contribution in [1.82, 2.24) is 10.2 Å². The lowest BCUT2D eigenvalue weighted by atomic mass is 10.3. The van der Waals surface area contributed by atoms with E-state index in [0.29, 0.717) is 10.8 Å². The second kappa shape index (κ2) is 8.37. The van der Waals surface area contributed by atoms with Crippen molar-refractivity contribution in [3.8, 4) is 0 Å². The Morgan fingerprint density at radius 3 is 2.19 bits per heavy atom. The average Bonchev–Trinajstić information content (AvgIpc) is 2.20. The average molecular weight is 246 g/mol. The molecule has 0 spiro atoms. The molecule has 0 aliphatic rings. The highest BCUT2D eigenvalue weighted by atomic mass is 32.2. The molecule has 0 saturated heterocycles. The van der Waals surface area contributed by atoms with Crippen LogP contribution >= 0.6 is 11.8 Å². The van der Waals surface area contributed by atoms with Gasteiger partial charge >= 0.3 is 0 Å². The van der Waals surface area contributed by atoms with Crippen molar-refractivity contribution >= 4 is 11.8 Å². The van der Waals surface area contributed by atoms with Gasteiger partial charge in [0.25, 0.3) is 0 Å². The highest BCUT2D eigenvalue weighted by molar-refractivity contribution is 8.00. The van der Waals surface area contributed by atoms with Gasteiger partial charge in [-0.1, -0.05) is 34.6 Å². The van der Waals surface area contributed by atoms with Crippen LogP contribution in [0.2, 0.25) is 0 Å². The van der Waals surface area contributed by atoms with Crippen molar-refractivity contribution in [3.05, 3.63) is 0 Å². The molecule has 0 rings (SSSR count). The van der Waals surface area contributed by atoms with Crippen molar-refractivity contribution in [2.75, 3.05) is 31.9 Å². The maximum absolute atomic E-state index is 3.59. The Hall–Kier alpha value is 0.270. The van der Waals surface area contributed by atoms with E-state index in [0.717, 1.165) is 26.2 Å². The molecule has 0 aliphatic heterocycles. The Balaban J connectivity index is 3.54. The normalized spacial score (nSPS) is 14.4. The third-order valence-electron chi connectivity index (χ3n) is 2.58. The standard InChI is InChI=1S/C13H30N2S/c1-7-15(8-2)10-9-14-12(3)11-16-13(4,5)6/h12,14H,7-11H2,1-6H3. The Morgan fingerprint density at radius 2 is 1.75 bits per heavy atom. The molecule has 1 N–H and O–H groups in total. The first-order valence-corrected chi connectivity index (χ1v) is 7.47. The summed E-state index contributed by atoms with van der Waals surface area (Å²) in [5.74, 6) is 1.20. The van der Waals surface area contributed by atoms with Gasteiger partial charge in [0.2, 0.25) is 0 Å². The van der Waals surface area contributed by atoms with E-state index in [1.54, 1.807) is 0 Å². The SMILES string of the molecule is CCN(CC)CCNC(C)CSC(C)(C)C. The Morgan fingerprint density at radius 1 is 1.19 bits per heavy atom. The molecule has 0 aromatic heterocycles. The summed E-state index contributed by atoms with van der Waals surface area (Å²) in [6, 6.07) is 0.611. The summed E-state index contributed by atoms with van der Waals surface area (Å²) in [5, 5.41) is 3.59. The molecule has 0 fully saturated rings. The van der Waals surface area contributed by atoms with Crippen LogP contribution in [0.4, 0.5) is 0 Å². The first-order chi connectivity index (χ1) is 7.39. The van der Waals surface area contributed by atoms with Crippen molar-refractivity contribution in [2.24, 2.45) is 0 Å². The van der Waals surface area contributed by atoms with Gasteiger partial charge in [0.1, 0.15) is 0 Å². The van der Waals surface area contributed by atoms with Gasteiger partial charge in [-0.15, -0.1) is 0 Å². The molecule has 16 heavy (non-hydrogen) atoms. The Kier molecular flexibility index (Phi) is 8.52. The summed E-state index contributed by atoms with van der Waals surface area (Å²) in [5.41, 5.74) is 0. The lowest BCUT2D eigenvalue weighted by Gasteiger charge is -2.23. The maximum Gasteiger partial charge on any atom is 0.0130 e. The van der Waals surface area contributed by atoms with Crippen LogP contribution in [0.5, 0.6) is 0 Å². The molecule has 0 amide bonds. The van der Waals surface area contributed by atoms with Gasteiger partial charge in [0.15, 0.2) is 0 Å². The maximum atomic E-state index is 3.59. The minimum Gasteiger partial charge on any atom is -0.312 e. The number of nitrogens with one attached hydrogen (secondary N) is 1. The van der Waals surface area contributed by atoms with E-state index in [2.05, 4.69) is 51.8 Å². The van der Waals surface area contributed by atoms with Crippen molar-refractivity contribution in [1.29, 1.82) is 0 Å². The van der Waals surface area contributed by atoms with E-state index >= 15 is 0 Å². The van der Waals surface area contributed by atoms with Crippen LogP contribution in [0.15, 0.2) is 0 Å². The summed E-state index contributed by atoms with van der Waals surface area (Å²) in [6.45, 7) is 18.1. The number of thioether (sulfide) groups is 1. The zero-order valence-electron chi connectivity index (χ0n) is 12.0. The van der Waals surface area contributed by atoms with E-state index in [1.807, 2.05) is 11.8 Å². The van der Waals surface area contributed by atoms with E-state index in [4.69, 9.17) is 0 Å². The Bertz CT molecular complexity index is 162. The fraction of sp³-hybridized carbons (Fsp3) is 1.00. The van der Waals surface area contributed by atoms with Crippen LogP contribution in [0.3, 0.4) is 0 Å². The molecule has 0 aromatic rings. The highest BCUT2D eigenvalue weighted by Gasteiger charge is 2.12. The quantitative estimate of drug-likeness (QED) is 0.709. The summed E-state index contributed by atoms with van der Waals surface area (Å²) >= 11 is 2.04. The topological polar surface area (TPSA) is 15.3 Å². The molecule has 98 valence electrons. The van der Waals surface area contributed by atoms with Crippen molar-refractivity contribution in [3.63, 3.8) is 0 Å². The van der Waals surface area contributed by atoms with Gasteiger partial charge < -0.3 is 10.2 Å². The summed E-state index contributed by atoms with van der Waals surface area (Å²) < 4.78 is 0.384. The van der Waals surface area contributed by atoms with E-state index in [9.17, 15) is 0 Å². The molecule has 0 bridgehead atoms. The third kappa shape index (κ3) is 9.49. The van der Waals surface area contributed by atoms with Crippen LogP contribution in [0, 0.1) is 0 Å². The number of nitrogens with zero attached hydrogens (tertiary/aromatic N) is 1. The van der Waals surface area contributed by atoms with Gasteiger partial charge in [0, 0.05) is 29.6 Å². The van der Waals surface area contributed by atoms with Crippen LogP contribution < -0.4 is 5.32 Å². The second-order valence-corrected chi connectivity index (χ2v) is 7.15. The van der Waals surface area contributed by atoms with Gasteiger partial charge in [-0.25, -0.2) is 0 Å². The summed E-state index contributed by atoms with van der Waals surface area (Å²) in [4.78, 5) is 2.45. The second-order valence-electron chi connectivity index (χ2n) is 5.31. The lowest BCUT2D eigenvalue weighted by molar-refractivity contribution is 0.299. The minimum absolute atomic E-state index is 0.384. The smallest absolute Gasteiger partial charge is 0.0130 e. The molecule has 0 heterocycles. The van der Waals surface area contributed by atoms with Crippen LogP contribution in [0.1, 0.15) is 41.5 Å². The molecular formula is C13H30N2S. The predicted octanol–water partition coefficient (Wildman–Crippen LogP) is 2.84. The molecule has 2 nitrogen and oxygen atoms in total. The first kappa shape index (κ1) is 16.3.